The Labute approximate surface area is 414 Å². The van der Waals surface area contributed by atoms with Crippen LogP contribution in [0.25, 0.3) is 0 Å². The van der Waals surface area contributed by atoms with Gasteiger partial charge in [0.25, 0.3) is 11.8 Å². The molecule has 2 unspecified atom stereocenters. The van der Waals surface area contributed by atoms with Crippen molar-refractivity contribution in [3.63, 3.8) is 0 Å². The minimum Gasteiger partial charge on any atom is -0.385 e. The minimum atomic E-state index is -0.980. The summed E-state index contributed by atoms with van der Waals surface area (Å²) in [6.45, 7) is 13.8. The van der Waals surface area contributed by atoms with E-state index in [1.165, 1.54) is 25.0 Å². The Hall–Kier alpha value is -5.79. The molecular formula is C52H68F2N12O5. The van der Waals surface area contributed by atoms with Gasteiger partial charge in [-0.15, -0.1) is 0 Å². The number of rotatable bonds is 15. The second kappa shape index (κ2) is 20.0. The molecule has 3 aromatic rings. The number of imide groups is 2. The van der Waals surface area contributed by atoms with E-state index < -0.39 is 46.8 Å². The molecule has 5 saturated heterocycles. The van der Waals surface area contributed by atoms with Gasteiger partial charge < -0.3 is 35.6 Å². The number of nitrogens with zero attached hydrogens (tertiary/aromatic N) is 8. The van der Waals surface area contributed by atoms with Crippen molar-refractivity contribution in [3.05, 3.63) is 71.1 Å². The third kappa shape index (κ3) is 10.6. The number of carbonyl (C=O) groups is 5. The highest BCUT2D eigenvalue weighted by Crippen LogP contribution is 2.40. The van der Waals surface area contributed by atoms with Crippen molar-refractivity contribution in [2.75, 3.05) is 106 Å². The molecule has 4 atom stereocenters. The van der Waals surface area contributed by atoms with Crippen LogP contribution < -0.4 is 31.1 Å². The molecule has 19 heteroatoms. The molecule has 4 N–H and O–H groups in total. The number of piperazine rings is 1. The second-order valence-electron chi connectivity index (χ2n) is 22.1. The van der Waals surface area contributed by atoms with Crippen LogP contribution in [0.5, 0.6) is 0 Å². The molecule has 7 aliphatic rings. The molecule has 5 amide bonds. The van der Waals surface area contributed by atoms with Gasteiger partial charge in [-0.05, 0) is 120 Å². The Balaban J connectivity index is 0.633. The summed E-state index contributed by atoms with van der Waals surface area (Å²) in [4.78, 5) is 84.6. The summed E-state index contributed by atoms with van der Waals surface area (Å²) in [5.74, 6) is -0.220. The standard InChI is InChI=1S/C52H68F2N12O5/c1-51(2)9-16-62(17-10-51)29-35-23-41(54)43(25-40(35)53)65-30-47(68)60-52(31-65)11-18-64(19-12-52)45-26-44(57-32-58-45)56-14-20-61(3)37-21-33-27-63(28-34(33)22-37)15-4-13-55-36-5-6-38-39(24-36)50(71)66(49(38)70)42-7-8-46(67)59-48(42)69/h5-6,23-26,32-34,37,42,55H,4,7-22,27-31H2,1-3H3,(H,60,68)(H,56,57,58)(H,59,67,69)/t33-,34+,37?,42?. The number of amides is 5. The van der Waals surface area contributed by atoms with Crippen molar-refractivity contribution < 1.29 is 32.8 Å². The van der Waals surface area contributed by atoms with E-state index in [0.29, 0.717) is 69.0 Å². The van der Waals surface area contributed by atoms with Gasteiger partial charge in [0.05, 0.1) is 28.9 Å². The number of fused-ring (bicyclic) bond motifs is 2. The first-order valence-electron chi connectivity index (χ1n) is 25.7. The molecule has 7 heterocycles. The predicted molar refractivity (Wildman–Crippen MR) is 265 cm³/mol. The zero-order valence-corrected chi connectivity index (χ0v) is 41.3. The van der Waals surface area contributed by atoms with Gasteiger partial charge in [0.1, 0.15) is 35.6 Å². The van der Waals surface area contributed by atoms with Crippen molar-refractivity contribution in [2.24, 2.45) is 17.3 Å². The van der Waals surface area contributed by atoms with Gasteiger partial charge in [-0.3, -0.25) is 39.1 Å². The molecule has 6 fully saturated rings. The van der Waals surface area contributed by atoms with E-state index in [9.17, 15) is 24.0 Å². The summed E-state index contributed by atoms with van der Waals surface area (Å²) >= 11 is 0. The molecule has 1 aliphatic carbocycles. The van der Waals surface area contributed by atoms with Crippen LogP contribution in [0.3, 0.4) is 0 Å². The molecule has 0 bridgehead atoms. The van der Waals surface area contributed by atoms with Crippen LogP contribution in [-0.2, 0) is 20.9 Å². The summed E-state index contributed by atoms with van der Waals surface area (Å²) in [6.07, 6.45) is 8.41. The molecular weight excluding hydrogens is 911 g/mol. The van der Waals surface area contributed by atoms with Crippen LogP contribution in [0.4, 0.5) is 31.8 Å². The molecule has 71 heavy (non-hydrogen) atoms. The molecule has 10 rings (SSSR count). The van der Waals surface area contributed by atoms with E-state index in [-0.39, 0.29) is 47.5 Å². The fourth-order valence-electron chi connectivity index (χ4n) is 12.3. The van der Waals surface area contributed by atoms with Gasteiger partial charge in [0.15, 0.2) is 0 Å². The number of hydrogen-bond donors (Lipinski definition) is 4. The van der Waals surface area contributed by atoms with Crippen LogP contribution in [0.15, 0.2) is 42.7 Å². The molecule has 1 spiro atoms. The zero-order chi connectivity index (χ0) is 49.6. The fraction of sp³-hybridized carbons (Fsp3) is 0.596. The van der Waals surface area contributed by atoms with Gasteiger partial charge in [0.2, 0.25) is 17.7 Å². The Kier molecular flexibility index (Phi) is 13.8. The third-order valence-electron chi connectivity index (χ3n) is 16.6. The SMILES string of the molecule is CN(CCNc1cc(N2CCC3(CC2)CN(c2cc(F)c(CN4CCC(C)(C)CC4)cc2F)CC(=O)N3)ncn1)C1C[C@@H]2CN(CCCNc3ccc4c(c3)C(=O)N(C3CCC(=O)NC3=O)C4=O)C[C@@H]2C1. The van der Waals surface area contributed by atoms with Gasteiger partial charge in [-0.25, -0.2) is 18.7 Å². The number of anilines is 4. The van der Waals surface area contributed by atoms with Gasteiger partial charge in [-0.2, -0.15) is 0 Å². The lowest BCUT2D eigenvalue weighted by Crippen LogP contribution is -2.66. The highest BCUT2D eigenvalue weighted by atomic mass is 19.1. The number of carbonyl (C=O) groups excluding carboxylic acids is 5. The topological polar surface area (TPSA) is 179 Å². The molecule has 1 aromatic heterocycles. The Morgan fingerprint density at radius 3 is 2.30 bits per heavy atom. The smallest absolute Gasteiger partial charge is 0.262 e. The van der Waals surface area contributed by atoms with Crippen molar-refractivity contribution in [1.29, 1.82) is 0 Å². The lowest BCUT2D eigenvalue weighted by Gasteiger charge is -2.48. The molecule has 1 saturated carbocycles. The highest BCUT2D eigenvalue weighted by Gasteiger charge is 2.46. The highest BCUT2D eigenvalue weighted by molar-refractivity contribution is 6.23. The fourth-order valence-corrected chi connectivity index (χ4v) is 12.3. The lowest BCUT2D eigenvalue weighted by atomic mass is 9.82. The average molecular weight is 979 g/mol. The number of halogens is 2. The zero-order valence-electron chi connectivity index (χ0n) is 41.3. The maximum absolute atomic E-state index is 15.7. The Morgan fingerprint density at radius 1 is 0.803 bits per heavy atom. The van der Waals surface area contributed by atoms with E-state index in [0.717, 1.165) is 87.3 Å². The van der Waals surface area contributed by atoms with Crippen LogP contribution >= 0.6 is 0 Å². The summed E-state index contributed by atoms with van der Waals surface area (Å²) in [5.41, 5.74) is 1.50. The average Bonchev–Trinajstić information content (AvgIpc) is 3.99. The quantitative estimate of drug-likeness (QED) is 0.125. The van der Waals surface area contributed by atoms with E-state index in [2.05, 4.69) is 71.7 Å². The van der Waals surface area contributed by atoms with Gasteiger partial charge in [0, 0.05) is 94.7 Å². The van der Waals surface area contributed by atoms with E-state index in [4.69, 9.17) is 0 Å². The second-order valence-corrected chi connectivity index (χ2v) is 22.1. The molecule has 6 aliphatic heterocycles. The van der Waals surface area contributed by atoms with Crippen molar-refractivity contribution in [2.45, 2.75) is 95.8 Å². The maximum atomic E-state index is 15.7. The van der Waals surface area contributed by atoms with Crippen LogP contribution in [-0.4, -0.2) is 162 Å². The van der Waals surface area contributed by atoms with Gasteiger partial charge in [-0.1, -0.05) is 13.8 Å². The van der Waals surface area contributed by atoms with E-state index in [1.54, 1.807) is 29.4 Å². The first-order chi connectivity index (χ1) is 34.1. The van der Waals surface area contributed by atoms with E-state index >= 15 is 8.78 Å². The molecule has 2 aromatic carbocycles. The van der Waals surface area contributed by atoms with Crippen molar-refractivity contribution in [1.82, 2.24) is 40.2 Å². The number of piperidine rings is 3. The normalized spacial score (nSPS) is 25.5. The molecule has 17 nitrogen and oxygen atoms in total. The van der Waals surface area contributed by atoms with Crippen LogP contribution in [0, 0.1) is 28.9 Å². The van der Waals surface area contributed by atoms with E-state index in [1.807, 2.05) is 6.07 Å². The number of hydrogen-bond acceptors (Lipinski definition) is 14. The predicted octanol–water partition coefficient (Wildman–Crippen LogP) is 4.31. The van der Waals surface area contributed by atoms with Crippen LogP contribution in [0.2, 0.25) is 0 Å². The largest absolute Gasteiger partial charge is 0.385 e. The summed E-state index contributed by atoms with van der Waals surface area (Å²) < 4.78 is 31.2. The minimum absolute atomic E-state index is 0.0187. The molecule has 0 radical (unpaired) electrons. The van der Waals surface area contributed by atoms with Crippen LogP contribution in [0.1, 0.15) is 97.9 Å². The Bertz CT molecular complexity index is 2530. The number of nitrogens with one attached hydrogen (secondary N) is 4. The third-order valence-corrected chi connectivity index (χ3v) is 16.6. The Morgan fingerprint density at radius 2 is 1.55 bits per heavy atom. The summed E-state index contributed by atoms with van der Waals surface area (Å²) in [6, 6.07) is 9.25. The lowest BCUT2D eigenvalue weighted by molar-refractivity contribution is -0.136. The monoisotopic (exact) mass is 979 g/mol. The summed E-state index contributed by atoms with van der Waals surface area (Å²) in [5, 5.41) is 12.4. The number of aromatic nitrogens is 2. The first-order valence-corrected chi connectivity index (χ1v) is 25.7. The van der Waals surface area contributed by atoms with Gasteiger partial charge >= 0.3 is 0 Å². The first kappa shape index (κ1) is 48.8. The number of likely N-dealkylation sites (N-methyl/N-ethyl adjacent to an activating group) is 1. The maximum Gasteiger partial charge on any atom is 0.262 e. The number of likely N-dealkylation sites (tertiary alicyclic amines) is 2. The van der Waals surface area contributed by atoms with Crippen molar-refractivity contribution in [3.8, 4) is 0 Å². The summed E-state index contributed by atoms with van der Waals surface area (Å²) in [7, 11) is 2.21. The van der Waals surface area contributed by atoms with Crippen molar-refractivity contribution >= 4 is 52.5 Å². The molecule has 380 valence electrons. The number of benzene rings is 2.